The molecular weight excluding hydrogens is 218 g/mol. The summed E-state index contributed by atoms with van der Waals surface area (Å²) in [4.78, 5) is 13.5. The minimum atomic E-state index is -0.582. The summed E-state index contributed by atoms with van der Waals surface area (Å²) in [6.45, 7) is 0. The standard InChI is InChI=1S/C10H12ClNO3/c1-15-10(14)9(12-11)6-7-2-4-8(13)5-3-7/h2-5,9,12-13H,6H2,1H3. The topological polar surface area (TPSA) is 58.6 Å². The predicted molar refractivity (Wildman–Crippen MR) is 56.6 cm³/mol. The van der Waals surface area contributed by atoms with E-state index in [0.29, 0.717) is 6.42 Å². The molecule has 1 aromatic carbocycles. The van der Waals surface area contributed by atoms with Gasteiger partial charge >= 0.3 is 5.97 Å². The first-order valence-corrected chi connectivity index (χ1v) is 4.77. The van der Waals surface area contributed by atoms with Crippen molar-refractivity contribution in [2.45, 2.75) is 12.5 Å². The van der Waals surface area contributed by atoms with Crippen LogP contribution in [0.3, 0.4) is 0 Å². The summed E-state index contributed by atoms with van der Waals surface area (Å²) in [5.74, 6) is -0.231. The van der Waals surface area contributed by atoms with E-state index in [4.69, 9.17) is 16.9 Å². The number of halogens is 1. The normalized spacial score (nSPS) is 12.1. The number of carbonyl (C=O) groups excluding carboxylic acids is 1. The van der Waals surface area contributed by atoms with Gasteiger partial charge in [-0.25, -0.2) is 4.84 Å². The molecule has 82 valence electrons. The number of esters is 1. The van der Waals surface area contributed by atoms with Crippen molar-refractivity contribution >= 4 is 17.7 Å². The lowest BCUT2D eigenvalue weighted by Gasteiger charge is -2.11. The fraction of sp³-hybridized carbons (Fsp3) is 0.300. The smallest absolute Gasteiger partial charge is 0.324 e. The van der Waals surface area contributed by atoms with Gasteiger partial charge in [0, 0.05) is 0 Å². The zero-order chi connectivity index (χ0) is 11.3. The number of benzene rings is 1. The van der Waals surface area contributed by atoms with Crippen molar-refractivity contribution in [2.75, 3.05) is 7.11 Å². The van der Waals surface area contributed by atoms with Crippen molar-refractivity contribution in [1.82, 2.24) is 4.84 Å². The molecule has 0 saturated heterocycles. The molecule has 4 nitrogen and oxygen atoms in total. The Morgan fingerprint density at radius 2 is 2.13 bits per heavy atom. The zero-order valence-corrected chi connectivity index (χ0v) is 8.99. The molecule has 0 aliphatic rings. The van der Waals surface area contributed by atoms with Gasteiger partial charge in [-0.15, -0.1) is 0 Å². The quantitative estimate of drug-likeness (QED) is 0.602. The van der Waals surface area contributed by atoms with E-state index in [9.17, 15) is 4.79 Å². The minimum Gasteiger partial charge on any atom is -0.508 e. The molecule has 0 bridgehead atoms. The van der Waals surface area contributed by atoms with Crippen molar-refractivity contribution < 1.29 is 14.6 Å². The number of ether oxygens (including phenoxy) is 1. The summed E-state index contributed by atoms with van der Waals surface area (Å²) in [5, 5.41) is 9.07. The Kier molecular flexibility index (Phi) is 4.39. The van der Waals surface area contributed by atoms with Crippen molar-refractivity contribution in [2.24, 2.45) is 0 Å². The van der Waals surface area contributed by atoms with Crippen LogP contribution in [0.25, 0.3) is 0 Å². The van der Waals surface area contributed by atoms with Gasteiger partial charge in [0.05, 0.1) is 7.11 Å². The second kappa shape index (κ2) is 5.58. The van der Waals surface area contributed by atoms with Crippen molar-refractivity contribution in [1.29, 1.82) is 0 Å². The average molecular weight is 230 g/mol. The number of nitrogens with one attached hydrogen (secondary N) is 1. The number of aromatic hydroxyl groups is 1. The van der Waals surface area contributed by atoms with Crippen LogP contribution < -0.4 is 4.84 Å². The van der Waals surface area contributed by atoms with Crippen LogP contribution in [0.1, 0.15) is 5.56 Å². The van der Waals surface area contributed by atoms with Crippen LogP contribution in [-0.2, 0) is 16.0 Å². The van der Waals surface area contributed by atoms with Crippen LogP contribution in [0.5, 0.6) is 5.75 Å². The van der Waals surface area contributed by atoms with E-state index >= 15 is 0 Å². The van der Waals surface area contributed by atoms with Crippen molar-refractivity contribution in [3.05, 3.63) is 29.8 Å². The third-order valence-electron chi connectivity index (χ3n) is 1.99. The molecule has 0 heterocycles. The lowest BCUT2D eigenvalue weighted by atomic mass is 10.1. The summed E-state index contributed by atoms with van der Waals surface area (Å²) >= 11 is 5.42. The van der Waals surface area contributed by atoms with E-state index in [2.05, 4.69) is 9.57 Å². The Balaban J connectivity index is 2.66. The second-order valence-electron chi connectivity index (χ2n) is 3.06. The molecule has 15 heavy (non-hydrogen) atoms. The fourth-order valence-corrected chi connectivity index (χ4v) is 1.34. The molecular formula is C10H12ClNO3. The molecule has 1 rings (SSSR count). The highest BCUT2D eigenvalue weighted by Gasteiger charge is 2.17. The van der Waals surface area contributed by atoms with Crippen LogP contribution >= 0.6 is 11.8 Å². The molecule has 5 heteroatoms. The molecule has 0 aromatic heterocycles. The molecule has 1 atom stereocenters. The molecule has 0 fully saturated rings. The van der Waals surface area contributed by atoms with Gasteiger partial charge in [-0.1, -0.05) is 12.1 Å². The number of hydrogen-bond donors (Lipinski definition) is 2. The molecule has 1 aromatic rings. The number of rotatable bonds is 4. The third kappa shape index (κ3) is 3.42. The first kappa shape index (κ1) is 11.8. The summed E-state index contributed by atoms with van der Waals surface area (Å²) in [5.41, 5.74) is 0.886. The van der Waals surface area contributed by atoms with Gasteiger partial charge in [-0.2, -0.15) is 0 Å². The summed E-state index contributed by atoms with van der Waals surface area (Å²) < 4.78 is 4.56. The number of phenols is 1. The minimum absolute atomic E-state index is 0.187. The van der Waals surface area contributed by atoms with Crippen LogP contribution in [0.2, 0.25) is 0 Å². The molecule has 0 aliphatic carbocycles. The molecule has 2 N–H and O–H groups in total. The summed E-state index contributed by atoms with van der Waals surface area (Å²) in [6.07, 6.45) is 0.413. The Morgan fingerprint density at radius 3 is 2.60 bits per heavy atom. The Labute approximate surface area is 92.9 Å². The molecule has 1 unspecified atom stereocenters. The maximum absolute atomic E-state index is 11.2. The van der Waals surface area contributed by atoms with Gasteiger partial charge < -0.3 is 9.84 Å². The summed E-state index contributed by atoms with van der Waals surface area (Å²) in [6, 6.07) is 5.97. The number of hydrogen-bond acceptors (Lipinski definition) is 4. The molecule has 0 amide bonds. The van der Waals surface area contributed by atoms with Gasteiger partial charge in [0.25, 0.3) is 0 Å². The Hall–Kier alpha value is -1.26. The fourth-order valence-electron chi connectivity index (χ4n) is 1.18. The number of phenolic OH excluding ortho intramolecular Hbond substituents is 1. The average Bonchev–Trinajstić information content (AvgIpc) is 2.27. The maximum Gasteiger partial charge on any atom is 0.324 e. The van der Waals surface area contributed by atoms with Crippen LogP contribution in [0, 0.1) is 0 Å². The number of methoxy groups -OCH3 is 1. The largest absolute Gasteiger partial charge is 0.508 e. The van der Waals surface area contributed by atoms with E-state index in [1.54, 1.807) is 24.3 Å². The van der Waals surface area contributed by atoms with E-state index in [0.717, 1.165) is 5.56 Å². The van der Waals surface area contributed by atoms with E-state index in [1.807, 2.05) is 0 Å². The van der Waals surface area contributed by atoms with Gasteiger partial charge in [0.2, 0.25) is 0 Å². The van der Waals surface area contributed by atoms with Crippen molar-refractivity contribution in [3.8, 4) is 5.75 Å². The van der Waals surface area contributed by atoms with Crippen LogP contribution in [-0.4, -0.2) is 24.2 Å². The predicted octanol–water partition coefficient (Wildman–Crippen LogP) is 1.22. The highest BCUT2D eigenvalue weighted by molar-refractivity contribution is 6.14. The zero-order valence-electron chi connectivity index (χ0n) is 8.24. The Morgan fingerprint density at radius 1 is 1.53 bits per heavy atom. The lowest BCUT2D eigenvalue weighted by Crippen LogP contribution is -2.33. The molecule has 0 aliphatic heterocycles. The van der Waals surface area contributed by atoms with Gasteiger partial charge in [-0.3, -0.25) is 4.79 Å². The highest BCUT2D eigenvalue weighted by Crippen LogP contribution is 2.11. The van der Waals surface area contributed by atoms with E-state index in [1.165, 1.54) is 7.11 Å². The number of carbonyl (C=O) groups is 1. The van der Waals surface area contributed by atoms with E-state index < -0.39 is 12.0 Å². The SMILES string of the molecule is COC(=O)C(Cc1ccc(O)cc1)NCl. The first-order valence-electron chi connectivity index (χ1n) is 4.39. The lowest BCUT2D eigenvalue weighted by molar-refractivity contribution is -0.142. The van der Waals surface area contributed by atoms with E-state index in [-0.39, 0.29) is 5.75 Å². The van der Waals surface area contributed by atoms with Crippen molar-refractivity contribution in [3.63, 3.8) is 0 Å². The summed E-state index contributed by atoms with van der Waals surface area (Å²) in [7, 11) is 1.31. The molecule has 0 saturated carbocycles. The van der Waals surface area contributed by atoms with Gasteiger partial charge in [-0.05, 0) is 35.9 Å². The molecule has 0 spiro atoms. The van der Waals surface area contributed by atoms with Gasteiger partial charge in [0.15, 0.2) is 0 Å². The third-order valence-corrected chi connectivity index (χ3v) is 2.26. The monoisotopic (exact) mass is 229 g/mol. The van der Waals surface area contributed by atoms with Crippen LogP contribution in [0.4, 0.5) is 0 Å². The Bertz CT molecular complexity index is 326. The maximum atomic E-state index is 11.2. The van der Waals surface area contributed by atoms with Gasteiger partial charge in [0.1, 0.15) is 11.8 Å². The molecule has 0 radical (unpaired) electrons. The van der Waals surface area contributed by atoms with Crippen LogP contribution in [0.15, 0.2) is 24.3 Å². The highest BCUT2D eigenvalue weighted by atomic mass is 35.5. The first-order chi connectivity index (χ1) is 7.17. The second-order valence-corrected chi connectivity index (χ2v) is 3.27.